The minimum atomic E-state index is -0.211. The number of morpholine rings is 1. The highest BCUT2D eigenvalue weighted by atomic mass is 16.5. The maximum absolute atomic E-state index is 12.1. The highest BCUT2D eigenvalue weighted by Crippen LogP contribution is 2.33. The van der Waals surface area contributed by atoms with Crippen molar-refractivity contribution in [3.63, 3.8) is 0 Å². The minimum Gasteiger partial charge on any atom is -0.379 e. The van der Waals surface area contributed by atoms with Gasteiger partial charge in [0.1, 0.15) is 0 Å². The first-order valence-corrected chi connectivity index (χ1v) is 5.23. The summed E-state index contributed by atoms with van der Waals surface area (Å²) in [5.41, 5.74) is -0.211. The van der Waals surface area contributed by atoms with Crippen LogP contribution < -0.4 is 0 Å². The smallest absolute Gasteiger partial charge is 0.233 e. The monoisotopic (exact) mass is 199 g/mol. The van der Waals surface area contributed by atoms with E-state index in [0.717, 1.165) is 19.5 Å². The number of hydrogen-bond donors (Lipinski definition) is 0. The number of ether oxygens (including phenoxy) is 2. The van der Waals surface area contributed by atoms with Gasteiger partial charge in [0.2, 0.25) is 5.91 Å². The van der Waals surface area contributed by atoms with Crippen LogP contribution in [0.2, 0.25) is 0 Å². The summed E-state index contributed by atoms with van der Waals surface area (Å²) in [6, 6.07) is 0. The number of carbonyl (C=O) groups excluding carboxylic acids is 1. The molecule has 4 heteroatoms. The van der Waals surface area contributed by atoms with Crippen LogP contribution in [0, 0.1) is 5.41 Å². The molecule has 0 unspecified atom stereocenters. The molecule has 14 heavy (non-hydrogen) atoms. The molecule has 0 spiro atoms. The third-order valence-corrected chi connectivity index (χ3v) is 3.19. The summed E-state index contributed by atoms with van der Waals surface area (Å²) >= 11 is 0. The zero-order valence-electron chi connectivity index (χ0n) is 8.62. The molecule has 4 nitrogen and oxygen atoms in total. The van der Waals surface area contributed by atoms with Crippen molar-refractivity contribution >= 4 is 5.91 Å². The van der Waals surface area contributed by atoms with Crippen LogP contribution in [0.1, 0.15) is 13.3 Å². The molecule has 0 N–H and O–H groups in total. The first kappa shape index (κ1) is 9.93. The van der Waals surface area contributed by atoms with Crippen LogP contribution in [0.25, 0.3) is 0 Å². The second-order valence-electron chi connectivity index (χ2n) is 4.03. The van der Waals surface area contributed by atoms with Crippen LogP contribution in [-0.4, -0.2) is 50.3 Å². The lowest BCUT2D eigenvalue weighted by molar-refractivity contribution is -0.176. The lowest BCUT2D eigenvalue weighted by atomic mass is 9.81. The Morgan fingerprint density at radius 1 is 1.29 bits per heavy atom. The van der Waals surface area contributed by atoms with E-state index in [2.05, 4.69) is 6.92 Å². The molecule has 2 aliphatic rings. The third kappa shape index (κ3) is 1.53. The Kier molecular flexibility index (Phi) is 2.74. The van der Waals surface area contributed by atoms with Gasteiger partial charge in [0.15, 0.2) is 0 Å². The number of rotatable bonds is 2. The first-order chi connectivity index (χ1) is 6.78. The molecule has 0 aliphatic carbocycles. The van der Waals surface area contributed by atoms with Crippen LogP contribution >= 0.6 is 0 Å². The average molecular weight is 199 g/mol. The maximum Gasteiger partial charge on any atom is 0.233 e. The molecule has 0 aromatic rings. The van der Waals surface area contributed by atoms with Crippen LogP contribution in [0.5, 0.6) is 0 Å². The normalized spacial score (nSPS) is 25.6. The molecular weight excluding hydrogens is 182 g/mol. The maximum atomic E-state index is 12.1. The van der Waals surface area contributed by atoms with Crippen LogP contribution in [0.3, 0.4) is 0 Å². The molecule has 0 bridgehead atoms. The summed E-state index contributed by atoms with van der Waals surface area (Å²) in [5.74, 6) is 0.259. The number of carbonyl (C=O) groups is 1. The Bertz CT molecular complexity index is 214. The van der Waals surface area contributed by atoms with Crippen molar-refractivity contribution in [3.05, 3.63) is 0 Å². The molecule has 2 aliphatic heterocycles. The van der Waals surface area contributed by atoms with Crippen LogP contribution in [0.4, 0.5) is 0 Å². The lowest BCUT2D eigenvalue weighted by Gasteiger charge is -2.43. The highest BCUT2D eigenvalue weighted by molar-refractivity contribution is 5.83. The Balaban J connectivity index is 1.98. The predicted molar refractivity (Wildman–Crippen MR) is 50.9 cm³/mol. The SMILES string of the molecule is CCC1(C(=O)N2CCOCC2)COC1. The molecule has 0 saturated carbocycles. The van der Waals surface area contributed by atoms with Gasteiger partial charge in [0.05, 0.1) is 31.8 Å². The van der Waals surface area contributed by atoms with E-state index in [9.17, 15) is 4.79 Å². The summed E-state index contributed by atoms with van der Waals surface area (Å²) in [4.78, 5) is 14.0. The zero-order chi connectivity index (χ0) is 10.0. The quantitative estimate of drug-likeness (QED) is 0.641. The van der Waals surface area contributed by atoms with Crippen LogP contribution in [-0.2, 0) is 14.3 Å². The second-order valence-corrected chi connectivity index (χ2v) is 4.03. The number of amides is 1. The topological polar surface area (TPSA) is 38.8 Å². The van der Waals surface area contributed by atoms with Crippen molar-refractivity contribution in [2.24, 2.45) is 5.41 Å². The van der Waals surface area contributed by atoms with E-state index in [1.54, 1.807) is 0 Å². The zero-order valence-corrected chi connectivity index (χ0v) is 8.62. The average Bonchev–Trinajstić information content (AvgIpc) is 2.18. The molecule has 0 atom stereocenters. The van der Waals surface area contributed by atoms with Crippen molar-refractivity contribution in [2.75, 3.05) is 39.5 Å². The summed E-state index contributed by atoms with van der Waals surface area (Å²) in [5, 5.41) is 0. The largest absolute Gasteiger partial charge is 0.379 e. The molecule has 2 heterocycles. The van der Waals surface area contributed by atoms with Gasteiger partial charge in [0.25, 0.3) is 0 Å². The molecule has 2 fully saturated rings. The molecule has 2 saturated heterocycles. The van der Waals surface area contributed by atoms with Gasteiger partial charge in [-0.1, -0.05) is 6.92 Å². The molecule has 0 aromatic carbocycles. The standard InChI is InChI=1S/C10H17NO3/c1-2-10(7-14-8-10)9(12)11-3-5-13-6-4-11/h2-8H2,1H3. The fraction of sp³-hybridized carbons (Fsp3) is 0.900. The molecule has 1 amide bonds. The Morgan fingerprint density at radius 3 is 2.36 bits per heavy atom. The lowest BCUT2D eigenvalue weighted by Crippen LogP contribution is -2.57. The van der Waals surface area contributed by atoms with Crippen LogP contribution in [0.15, 0.2) is 0 Å². The van der Waals surface area contributed by atoms with Gasteiger partial charge in [-0.3, -0.25) is 4.79 Å². The van der Waals surface area contributed by atoms with E-state index in [4.69, 9.17) is 9.47 Å². The first-order valence-electron chi connectivity index (χ1n) is 5.23. The van der Waals surface area contributed by atoms with E-state index in [0.29, 0.717) is 26.4 Å². The summed E-state index contributed by atoms with van der Waals surface area (Å²) < 4.78 is 10.4. The highest BCUT2D eigenvalue weighted by Gasteiger charge is 2.46. The van der Waals surface area contributed by atoms with Gasteiger partial charge in [-0.2, -0.15) is 0 Å². The van der Waals surface area contributed by atoms with E-state index in [-0.39, 0.29) is 11.3 Å². The fourth-order valence-corrected chi connectivity index (χ4v) is 1.93. The number of nitrogens with zero attached hydrogens (tertiary/aromatic N) is 1. The Morgan fingerprint density at radius 2 is 1.93 bits per heavy atom. The van der Waals surface area contributed by atoms with Crippen molar-refractivity contribution in [2.45, 2.75) is 13.3 Å². The summed E-state index contributed by atoms with van der Waals surface area (Å²) in [6.45, 7) is 6.07. The van der Waals surface area contributed by atoms with E-state index < -0.39 is 0 Å². The van der Waals surface area contributed by atoms with Gasteiger partial charge >= 0.3 is 0 Å². The van der Waals surface area contributed by atoms with Gasteiger partial charge < -0.3 is 14.4 Å². The van der Waals surface area contributed by atoms with Crippen molar-refractivity contribution < 1.29 is 14.3 Å². The van der Waals surface area contributed by atoms with E-state index in [1.165, 1.54) is 0 Å². The number of hydrogen-bond acceptors (Lipinski definition) is 3. The fourth-order valence-electron chi connectivity index (χ4n) is 1.93. The van der Waals surface area contributed by atoms with Crippen molar-refractivity contribution in [1.82, 2.24) is 4.90 Å². The molecule has 0 radical (unpaired) electrons. The Labute approximate surface area is 84.2 Å². The molecule has 2 rings (SSSR count). The minimum absolute atomic E-state index is 0.211. The summed E-state index contributed by atoms with van der Waals surface area (Å²) in [7, 11) is 0. The van der Waals surface area contributed by atoms with Gasteiger partial charge in [0, 0.05) is 13.1 Å². The molecule has 80 valence electrons. The van der Waals surface area contributed by atoms with Crippen molar-refractivity contribution in [3.8, 4) is 0 Å². The summed E-state index contributed by atoms with van der Waals surface area (Å²) in [6.07, 6.45) is 0.878. The van der Waals surface area contributed by atoms with Gasteiger partial charge in [-0.25, -0.2) is 0 Å². The third-order valence-electron chi connectivity index (χ3n) is 3.19. The Hall–Kier alpha value is -0.610. The van der Waals surface area contributed by atoms with E-state index >= 15 is 0 Å². The molecular formula is C10H17NO3. The second kappa shape index (κ2) is 3.87. The van der Waals surface area contributed by atoms with E-state index in [1.807, 2.05) is 4.90 Å². The van der Waals surface area contributed by atoms with Gasteiger partial charge in [-0.15, -0.1) is 0 Å². The van der Waals surface area contributed by atoms with Crippen molar-refractivity contribution in [1.29, 1.82) is 0 Å². The molecule has 0 aromatic heterocycles. The van der Waals surface area contributed by atoms with Gasteiger partial charge in [-0.05, 0) is 6.42 Å². The predicted octanol–water partition coefficient (Wildman–Crippen LogP) is 0.272.